The second kappa shape index (κ2) is 4.44. The Balaban J connectivity index is 2.25. The van der Waals surface area contributed by atoms with Gasteiger partial charge in [-0.1, -0.05) is 6.07 Å². The maximum atomic E-state index is 13.7. The number of carbonyl (C=O) groups excluding carboxylic acids is 1. The Kier molecular flexibility index (Phi) is 3.11. The monoisotopic (exact) mass is 248 g/mol. The Morgan fingerprint density at radius 2 is 2.11 bits per heavy atom. The van der Waals surface area contributed by atoms with Crippen LogP contribution in [-0.2, 0) is 11.2 Å². The van der Waals surface area contributed by atoms with E-state index in [1.54, 1.807) is 18.3 Å². The molecule has 2 N–H and O–H groups in total. The van der Waals surface area contributed by atoms with Crippen LogP contribution in [-0.4, -0.2) is 16.4 Å². The van der Waals surface area contributed by atoms with Crippen molar-refractivity contribution in [3.05, 3.63) is 35.8 Å². The molecule has 0 atom stereocenters. The molecule has 0 radical (unpaired) electrons. The van der Waals surface area contributed by atoms with Gasteiger partial charge in [-0.05, 0) is 38.5 Å². The molecular weight excluding hydrogens is 231 g/mol. The van der Waals surface area contributed by atoms with Gasteiger partial charge in [0.15, 0.2) is 0 Å². The molecule has 3 nitrogen and oxygen atoms in total. The van der Waals surface area contributed by atoms with E-state index in [-0.39, 0.29) is 23.7 Å². The Morgan fingerprint density at radius 1 is 1.39 bits per heavy atom. The second-order valence-corrected chi connectivity index (χ2v) is 5.45. The van der Waals surface area contributed by atoms with Crippen LogP contribution >= 0.6 is 0 Å². The van der Waals surface area contributed by atoms with Gasteiger partial charge >= 0.3 is 0 Å². The minimum absolute atomic E-state index is 0.105. The lowest BCUT2D eigenvalue weighted by atomic mass is 10.1. The maximum absolute atomic E-state index is 13.7. The van der Waals surface area contributed by atoms with Gasteiger partial charge in [0, 0.05) is 22.6 Å². The molecule has 0 aliphatic rings. The van der Waals surface area contributed by atoms with Crippen LogP contribution in [0.25, 0.3) is 10.9 Å². The summed E-state index contributed by atoms with van der Waals surface area (Å²) in [6.45, 7) is 5.75. The number of rotatable bonds is 2. The highest BCUT2D eigenvalue weighted by Crippen LogP contribution is 2.21. The molecule has 0 saturated heterocycles. The van der Waals surface area contributed by atoms with Crippen LogP contribution in [0.5, 0.6) is 0 Å². The average Bonchev–Trinajstić information content (AvgIpc) is 2.59. The Bertz CT molecular complexity index is 581. The summed E-state index contributed by atoms with van der Waals surface area (Å²) in [5, 5.41) is 3.37. The fraction of sp³-hybridized carbons (Fsp3) is 0.357. The fourth-order valence-electron chi connectivity index (χ4n) is 1.98. The number of benzene rings is 1. The van der Waals surface area contributed by atoms with E-state index in [4.69, 9.17) is 0 Å². The second-order valence-electron chi connectivity index (χ2n) is 5.45. The van der Waals surface area contributed by atoms with Crippen LogP contribution in [0, 0.1) is 5.82 Å². The molecule has 1 amide bonds. The van der Waals surface area contributed by atoms with Crippen molar-refractivity contribution in [1.29, 1.82) is 0 Å². The van der Waals surface area contributed by atoms with Crippen molar-refractivity contribution in [3.8, 4) is 0 Å². The molecule has 0 spiro atoms. The summed E-state index contributed by atoms with van der Waals surface area (Å²) < 4.78 is 13.7. The Labute approximate surface area is 105 Å². The van der Waals surface area contributed by atoms with Gasteiger partial charge in [0.2, 0.25) is 5.91 Å². The van der Waals surface area contributed by atoms with Crippen molar-refractivity contribution in [3.63, 3.8) is 0 Å². The van der Waals surface area contributed by atoms with Gasteiger partial charge in [-0.3, -0.25) is 4.79 Å². The van der Waals surface area contributed by atoms with E-state index in [0.717, 1.165) is 0 Å². The average molecular weight is 248 g/mol. The van der Waals surface area contributed by atoms with E-state index >= 15 is 0 Å². The van der Waals surface area contributed by atoms with Crippen molar-refractivity contribution in [2.24, 2.45) is 0 Å². The third-order valence-corrected chi connectivity index (χ3v) is 2.60. The largest absolute Gasteiger partial charge is 0.361 e. The highest BCUT2D eigenvalue weighted by molar-refractivity contribution is 5.89. The summed E-state index contributed by atoms with van der Waals surface area (Å²) in [4.78, 5) is 14.8. The summed E-state index contributed by atoms with van der Waals surface area (Å²) in [5.41, 5.74) is 1.13. The standard InChI is InChI=1S/C14H17FN2O/c1-14(2,3)17-12(18)7-9-8-16-11-6-4-5-10(15)13(9)11/h4-6,8,16H,7H2,1-3H3,(H,17,18). The van der Waals surface area contributed by atoms with Gasteiger partial charge < -0.3 is 10.3 Å². The first kappa shape index (κ1) is 12.6. The van der Waals surface area contributed by atoms with E-state index in [0.29, 0.717) is 16.5 Å². The van der Waals surface area contributed by atoms with Gasteiger partial charge in [-0.15, -0.1) is 0 Å². The summed E-state index contributed by atoms with van der Waals surface area (Å²) in [6.07, 6.45) is 1.87. The number of aromatic nitrogens is 1. The zero-order valence-corrected chi connectivity index (χ0v) is 10.8. The molecule has 96 valence electrons. The molecule has 0 saturated carbocycles. The molecular formula is C14H17FN2O. The molecule has 0 fully saturated rings. The number of H-pyrrole nitrogens is 1. The molecule has 2 rings (SSSR count). The van der Waals surface area contributed by atoms with E-state index in [9.17, 15) is 9.18 Å². The molecule has 0 aliphatic heterocycles. The fourth-order valence-corrected chi connectivity index (χ4v) is 1.98. The van der Waals surface area contributed by atoms with Crippen LogP contribution in [0.3, 0.4) is 0 Å². The molecule has 4 heteroatoms. The van der Waals surface area contributed by atoms with Crippen molar-refractivity contribution < 1.29 is 9.18 Å². The normalized spacial score (nSPS) is 11.8. The van der Waals surface area contributed by atoms with Crippen molar-refractivity contribution in [2.75, 3.05) is 0 Å². The summed E-state index contributed by atoms with van der Waals surface area (Å²) in [7, 11) is 0. The topological polar surface area (TPSA) is 44.9 Å². The molecule has 1 aromatic heterocycles. The first-order chi connectivity index (χ1) is 8.37. The number of hydrogen-bond acceptors (Lipinski definition) is 1. The van der Waals surface area contributed by atoms with E-state index in [1.807, 2.05) is 20.8 Å². The van der Waals surface area contributed by atoms with Crippen LogP contribution < -0.4 is 5.32 Å². The van der Waals surface area contributed by atoms with Crippen molar-refractivity contribution in [1.82, 2.24) is 10.3 Å². The first-order valence-electron chi connectivity index (χ1n) is 5.92. The lowest BCUT2D eigenvalue weighted by Crippen LogP contribution is -2.41. The number of hydrogen-bond donors (Lipinski definition) is 2. The van der Waals surface area contributed by atoms with E-state index in [2.05, 4.69) is 10.3 Å². The van der Waals surface area contributed by atoms with E-state index in [1.165, 1.54) is 6.07 Å². The number of nitrogens with one attached hydrogen (secondary N) is 2. The third-order valence-electron chi connectivity index (χ3n) is 2.60. The summed E-state index contributed by atoms with van der Waals surface area (Å²) in [6, 6.07) is 4.85. The van der Waals surface area contributed by atoms with Crippen LogP contribution in [0.1, 0.15) is 26.3 Å². The predicted octanol–water partition coefficient (Wildman–Crippen LogP) is 2.76. The Morgan fingerprint density at radius 3 is 2.78 bits per heavy atom. The molecule has 0 aliphatic carbocycles. The minimum Gasteiger partial charge on any atom is -0.361 e. The summed E-state index contributed by atoms with van der Waals surface area (Å²) in [5.74, 6) is -0.404. The third kappa shape index (κ3) is 2.70. The number of fused-ring (bicyclic) bond motifs is 1. The number of carbonyl (C=O) groups is 1. The molecule has 18 heavy (non-hydrogen) atoms. The van der Waals surface area contributed by atoms with Crippen LogP contribution in [0.4, 0.5) is 4.39 Å². The van der Waals surface area contributed by atoms with Gasteiger partial charge in [0.1, 0.15) is 5.82 Å². The van der Waals surface area contributed by atoms with Gasteiger partial charge in [0.25, 0.3) is 0 Å². The van der Waals surface area contributed by atoms with Crippen LogP contribution in [0.15, 0.2) is 24.4 Å². The SMILES string of the molecule is CC(C)(C)NC(=O)Cc1c[nH]c2cccc(F)c12. The highest BCUT2D eigenvalue weighted by Gasteiger charge is 2.16. The molecule has 1 aromatic carbocycles. The summed E-state index contributed by atoms with van der Waals surface area (Å²) >= 11 is 0. The minimum atomic E-state index is -0.299. The lowest BCUT2D eigenvalue weighted by molar-refractivity contribution is -0.121. The van der Waals surface area contributed by atoms with Crippen molar-refractivity contribution >= 4 is 16.8 Å². The van der Waals surface area contributed by atoms with Gasteiger partial charge in [0.05, 0.1) is 6.42 Å². The van der Waals surface area contributed by atoms with Gasteiger partial charge in [-0.2, -0.15) is 0 Å². The lowest BCUT2D eigenvalue weighted by Gasteiger charge is -2.20. The molecule has 0 bridgehead atoms. The van der Waals surface area contributed by atoms with Crippen molar-refractivity contribution in [2.45, 2.75) is 32.7 Å². The number of aromatic amines is 1. The molecule has 0 unspecified atom stereocenters. The maximum Gasteiger partial charge on any atom is 0.224 e. The van der Waals surface area contributed by atoms with Crippen LogP contribution in [0.2, 0.25) is 0 Å². The molecule has 2 aromatic rings. The van der Waals surface area contributed by atoms with E-state index < -0.39 is 0 Å². The Hall–Kier alpha value is -1.84. The highest BCUT2D eigenvalue weighted by atomic mass is 19.1. The smallest absolute Gasteiger partial charge is 0.224 e. The number of amides is 1. The zero-order valence-electron chi connectivity index (χ0n) is 10.8. The predicted molar refractivity (Wildman–Crippen MR) is 69.9 cm³/mol. The zero-order chi connectivity index (χ0) is 13.3. The quantitative estimate of drug-likeness (QED) is 0.843. The van der Waals surface area contributed by atoms with Gasteiger partial charge in [-0.25, -0.2) is 4.39 Å². The molecule has 1 heterocycles. The number of halogens is 1. The first-order valence-corrected chi connectivity index (χ1v) is 5.92.